The molecule has 0 bridgehead atoms. The maximum Gasteiger partial charge on any atom is 0.337 e. The molecule has 0 N–H and O–H groups in total. The van der Waals surface area contributed by atoms with Crippen LogP contribution in [0.4, 0.5) is 0 Å². The zero-order chi connectivity index (χ0) is 20.6. The molecular formula is C22H18N2O5. The summed E-state index contributed by atoms with van der Waals surface area (Å²) in [6, 6.07) is 13.9. The average molecular weight is 390 g/mol. The number of hydrogen-bond donors (Lipinski definition) is 0. The summed E-state index contributed by atoms with van der Waals surface area (Å²) in [5.41, 5.74) is 2.71. The Kier molecular flexibility index (Phi) is 6.32. The normalized spacial score (nSPS) is 11.1. The lowest BCUT2D eigenvalue weighted by atomic mass is 10.1. The summed E-state index contributed by atoms with van der Waals surface area (Å²) < 4.78 is 14.9. The van der Waals surface area contributed by atoms with Gasteiger partial charge in [-0.2, -0.15) is 0 Å². The Morgan fingerprint density at radius 2 is 1.07 bits per heavy atom. The third kappa shape index (κ3) is 5.26. The van der Waals surface area contributed by atoms with Crippen LogP contribution in [0.3, 0.4) is 0 Å². The molecule has 0 unspecified atom stereocenters. The topological polar surface area (TPSA) is 91.5 Å². The summed E-state index contributed by atoms with van der Waals surface area (Å²) in [4.78, 5) is 22.9. The Morgan fingerprint density at radius 1 is 0.690 bits per heavy atom. The van der Waals surface area contributed by atoms with Crippen LogP contribution in [0.15, 0.2) is 52.9 Å². The van der Waals surface area contributed by atoms with Gasteiger partial charge < -0.3 is 13.9 Å². The molecular weight excluding hydrogens is 372 g/mol. The average Bonchev–Trinajstić information content (AvgIpc) is 3.23. The first kappa shape index (κ1) is 19.8. The molecule has 1 aromatic heterocycles. The second kappa shape index (κ2) is 9.27. The molecule has 146 valence electrons. The van der Waals surface area contributed by atoms with Crippen LogP contribution in [0.1, 0.15) is 43.6 Å². The molecule has 0 aliphatic carbocycles. The number of ether oxygens (including phenoxy) is 2. The number of carbonyl (C=O) groups excluding carboxylic acids is 2. The first-order valence-electron chi connectivity index (χ1n) is 8.65. The molecule has 0 saturated carbocycles. The van der Waals surface area contributed by atoms with Gasteiger partial charge in [-0.05, 0) is 47.5 Å². The van der Waals surface area contributed by atoms with E-state index in [0.29, 0.717) is 22.9 Å². The number of nitrogens with zero attached hydrogens (tertiary/aromatic N) is 2. The lowest BCUT2D eigenvalue weighted by molar-refractivity contribution is 0.0592. The molecule has 0 atom stereocenters. The highest BCUT2D eigenvalue weighted by Crippen LogP contribution is 2.13. The number of hydrogen-bond acceptors (Lipinski definition) is 7. The minimum absolute atomic E-state index is 0.350. The summed E-state index contributed by atoms with van der Waals surface area (Å²) >= 11 is 0. The van der Waals surface area contributed by atoms with Crippen molar-refractivity contribution in [3.05, 3.63) is 82.6 Å². The van der Waals surface area contributed by atoms with Crippen LogP contribution in [-0.2, 0) is 9.47 Å². The Hall–Kier alpha value is -4.00. The maximum atomic E-state index is 11.4. The fraction of sp³-hybridized carbons (Fsp3) is 0.0909. The molecule has 7 heteroatoms. The van der Waals surface area contributed by atoms with Crippen LogP contribution in [0.2, 0.25) is 0 Å². The van der Waals surface area contributed by atoms with E-state index in [0.717, 1.165) is 11.1 Å². The van der Waals surface area contributed by atoms with Crippen molar-refractivity contribution in [1.29, 1.82) is 0 Å². The van der Waals surface area contributed by atoms with Gasteiger partial charge in [0.05, 0.1) is 25.3 Å². The minimum atomic E-state index is -0.381. The van der Waals surface area contributed by atoms with E-state index in [1.807, 2.05) is 0 Å². The van der Waals surface area contributed by atoms with E-state index in [2.05, 4.69) is 19.7 Å². The van der Waals surface area contributed by atoms with Gasteiger partial charge in [0, 0.05) is 12.2 Å². The highest BCUT2D eigenvalue weighted by Gasteiger charge is 2.05. The monoisotopic (exact) mass is 390 g/mol. The molecule has 0 saturated heterocycles. The minimum Gasteiger partial charge on any atom is -0.465 e. The van der Waals surface area contributed by atoms with Crippen molar-refractivity contribution in [3.63, 3.8) is 0 Å². The fourth-order valence-electron chi connectivity index (χ4n) is 2.41. The predicted molar refractivity (Wildman–Crippen MR) is 108 cm³/mol. The number of methoxy groups -OCH3 is 2. The second-order valence-electron chi connectivity index (χ2n) is 5.87. The standard InChI is InChI=1S/C22H18N2O5/c1-27-21(25)17-9-3-15(4-10-17)7-13-19-23-24-20(29-19)14-8-16-5-11-18(12-6-16)22(26)28-2/h3-14H,1-2H3. The van der Waals surface area contributed by atoms with Gasteiger partial charge in [0.25, 0.3) is 0 Å². The molecule has 29 heavy (non-hydrogen) atoms. The van der Waals surface area contributed by atoms with Crippen molar-refractivity contribution < 1.29 is 23.5 Å². The summed E-state index contributed by atoms with van der Waals surface area (Å²) in [5.74, 6) is -0.0620. The van der Waals surface area contributed by atoms with Crippen LogP contribution < -0.4 is 0 Å². The van der Waals surface area contributed by atoms with Crippen molar-refractivity contribution in [2.45, 2.75) is 0 Å². The summed E-state index contributed by atoms with van der Waals surface area (Å²) in [6.07, 6.45) is 6.96. The largest absolute Gasteiger partial charge is 0.465 e. The first-order valence-corrected chi connectivity index (χ1v) is 8.65. The number of aromatic nitrogens is 2. The van der Waals surface area contributed by atoms with Gasteiger partial charge in [-0.1, -0.05) is 24.3 Å². The van der Waals surface area contributed by atoms with Gasteiger partial charge >= 0.3 is 11.9 Å². The molecule has 3 aromatic rings. The smallest absolute Gasteiger partial charge is 0.337 e. The van der Waals surface area contributed by atoms with Crippen molar-refractivity contribution in [2.75, 3.05) is 14.2 Å². The van der Waals surface area contributed by atoms with E-state index in [4.69, 9.17) is 4.42 Å². The molecule has 0 spiro atoms. The lowest BCUT2D eigenvalue weighted by Crippen LogP contribution is -2.00. The van der Waals surface area contributed by atoms with E-state index in [1.165, 1.54) is 14.2 Å². The second-order valence-corrected chi connectivity index (χ2v) is 5.87. The molecule has 0 radical (unpaired) electrons. The zero-order valence-corrected chi connectivity index (χ0v) is 15.9. The van der Waals surface area contributed by atoms with Crippen molar-refractivity contribution in [2.24, 2.45) is 0 Å². The van der Waals surface area contributed by atoms with E-state index >= 15 is 0 Å². The lowest BCUT2D eigenvalue weighted by Gasteiger charge is -1.99. The van der Waals surface area contributed by atoms with Gasteiger partial charge in [0.1, 0.15) is 0 Å². The zero-order valence-electron chi connectivity index (χ0n) is 15.9. The first-order chi connectivity index (χ1) is 14.1. The van der Waals surface area contributed by atoms with Gasteiger partial charge in [-0.3, -0.25) is 0 Å². The number of benzene rings is 2. The van der Waals surface area contributed by atoms with Gasteiger partial charge in [-0.25, -0.2) is 9.59 Å². The van der Waals surface area contributed by atoms with Crippen LogP contribution in [0.25, 0.3) is 24.3 Å². The summed E-state index contributed by atoms with van der Waals surface area (Å²) in [5, 5.41) is 7.92. The molecule has 0 fully saturated rings. The highest BCUT2D eigenvalue weighted by atomic mass is 16.5. The van der Waals surface area contributed by atoms with Crippen molar-refractivity contribution >= 4 is 36.2 Å². The number of carbonyl (C=O) groups is 2. The molecule has 0 amide bonds. The molecule has 3 rings (SSSR count). The quantitative estimate of drug-likeness (QED) is 0.588. The SMILES string of the molecule is COC(=O)c1ccc(C=Cc2nnc(C=Cc3ccc(C(=O)OC)cc3)o2)cc1. The van der Waals surface area contributed by atoms with E-state index < -0.39 is 0 Å². The maximum absolute atomic E-state index is 11.4. The Morgan fingerprint density at radius 3 is 1.41 bits per heavy atom. The van der Waals surface area contributed by atoms with Gasteiger partial charge in [0.2, 0.25) is 11.8 Å². The summed E-state index contributed by atoms with van der Waals surface area (Å²) in [6.45, 7) is 0. The Labute approximate surface area is 167 Å². The molecule has 0 aliphatic heterocycles. The van der Waals surface area contributed by atoms with Crippen molar-refractivity contribution in [3.8, 4) is 0 Å². The molecule has 1 heterocycles. The van der Waals surface area contributed by atoms with Gasteiger partial charge in [0.15, 0.2) is 0 Å². The van der Waals surface area contributed by atoms with Crippen molar-refractivity contribution in [1.82, 2.24) is 10.2 Å². The molecule has 0 aliphatic rings. The van der Waals surface area contributed by atoms with Crippen LogP contribution in [-0.4, -0.2) is 36.4 Å². The van der Waals surface area contributed by atoms with E-state index in [1.54, 1.807) is 72.8 Å². The van der Waals surface area contributed by atoms with E-state index in [9.17, 15) is 9.59 Å². The van der Waals surface area contributed by atoms with Gasteiger partial charge in [-0.15, -0.1) is 10.2 Å². The fourth-order valence-corrected chi connectivity index (χ4v) is 2.41. The van der Waals surface area contributed by atoms with Crippen LogP contribution in [0, 0.1) is 0 Å². The third-order valence-corrected chi connectivity index (χ3v) is 3.96. The Bertz CT molecular complexity index is 964. The molecule has 7 nitrogen and oxygen atoms in total. The van der Waals surface area contributed by atoms with E-state index in [-0.39, 0.29) is 11.9 Å². The van der Waals surface area contributed by atoms with Crippen LogP contribution in [0.5, 0.6) is 0 Å². The number of esters is 2. The highest BCUT2D eigenvalue weighted by molar-refractivity contribution is 5.90. The Balaban J connectivity index is 1.63. The predicted octanol–water partition coefficient (Wildman–Crippen LogP) is 3.98. The molecule has 2 aromatic carbocycles. The number of rotatable bonds is 6. The third-order valence-electron chi connectivity index (χ3n) is 3.96. The van der Waals surface area contributed by atoms with Crippen LogP contribution >= 0.6 is 0 Å². The summed E-state index contributed by atoms with van der Waals surface area (Å²) in [7, 11) is 2.68.